The number of hydrogen-bond acceptors (Lipinski definition) is 7. The maximum atomic E-state index is 13.6. The van der Waals surface area contributed by atoms with E-state index in [4.69, 9.17) is 9.47 Å². The molecule has 10 nitrogen and oxygen atoms in total. The van der Waals surface area contributed by atoms with Crippen LogP contribution in [-0.2, 0) is 24.8 Å². The van der Waals surface area contributed by atoms with E-state index in [1.165, 1.54) is 67.8 Å². The fourth-order valence-corrected chi connectivity index (χ4v) is 6.56. The van der Waals surface area contributed by atoms with E-state index in [0.29, 0.717) is 18.1 Å². The van der Waals surface area contributed by atoms with Crippen LogP contribution in [0.1, 0.15) is 12.5 Å². The number of halogens is 1. The van der Waals surface area contributed by atoms with Crippen LogP contribution in [-0.4, -0.2) is 43.0 Å². The molecule has 0 saturated carbocycles. The average molecular weight is 628 g/mol. The summed E-state index contributed by atoms with van der Waals surface area (Å²) in [6.45, 7) is 3.37. The molecule has 4 aromatic rings. The van der Waals surface area contributed by atoms with Crippen molar-refractivity contribution in [3.8, 4) is 11.5 Å². The Morgan fingerprint density at radius 1 is 0.860 bits per heavy atom. The van der Waals surface area contributed by atoms with Crippen molar-refractivity contribution >= 4 is 43.0 Å². The van der Waals surface area contributed by atoms with Crippen molar-refractivity contribution in [3.63, 3.8) is 0 Å². The van der Waals surface area contributed by atoms with Gasteiger partial charge in [0.2, 0.25) is 5.91 Å². The van der Waals surface area contributed by atoms with E-state index in [9.17, 15) is 26.0 Å². The first-order valence-corrected chi connectivity index (χ1v) is 15.9. The highest BCUT2D eigenvalue weighted by Gasteiger charge is 2.27. The minimum Gasteiger partial charge on any atom is -0.495 e. The lowest BCUT2D eigenvalue weighted by Crippen LogP contribution is -2.38. The second kappa shape index (κ2) is 13.1. The standard InChI is InChI=1S/C30H30FN3O7S2/c1-4-41-25-12-16-27(17-13-25)43(38,39)34(24-10-6-22(31)7-11-24)20-30(35)32-23-8-14-26(15-9-23)42(36,37)33-28-19-21(2)5-18-29(28)40-3/h5-19,33H,4,20H2,1-3H3,(H,32,35). The fourth-order valence-electron chi connectivity index (χ4n) is 4.08. The zero-order valence-electron chi connectivity index (χ0n) is 23.6. The molecule has 226 valence electrons. The summed E-state index contributed by atoms with van der Waals surface area (Å²) >= 11 is 0. The fraction of sp³-hybridized carbons (Fsp3) is 0.167. The molecule has 0 radical (unpaired) electrons. The third-order valence-corrected chi connectivity index (χ3v) is 9.34. The molecule has 0 aliphatic heterocycles. The molecule has 13 heteroatoms. The van der Waals surface area contributed by atoms with Gasteiger partial charge in [-0.25, -0.2) is 21.2 Å². The van der Waals surface area contributed by atoms with Crippen LogP contribution in [0.15, 0.2) is 101 Å². The Hall–Kier alpha value is -4.62. The highest BCUT2D eigenvalue weighted by Crippen LogP contribution is 2.29. The third kappa shape index (κ3) is 7.62. The highest BCUT2D eigenvalue weighted by atomic mass is 32.2. The van der Waals surface area contributed by atoms with Gasteiger partial charge < -0.3 is 14.8 Å². The Morgan fingerprint density at radius 2 is 1.49 bits per heavy atom. The summed E-state index contributed by atoms with van der Waals surface area (Å²) in [4.78, 5) is 12.9. The first-order chi connectivity index (χ1) is 20.4. The van der Waals surface area contributed by atoms with Crippen LogP contribution in [0, 0.1) is 12.7 Å². The summed E-state index contributed by atoms with van der Waals surface area (Å²) in [6.07, 6.45) is 0. The SMILES string of the molecule is CCOc1ccc(S(=O)(=O)N(CC(=O)Nc2ccc(S(=O)(=O)Nc3cc(C)ccc3OC)cc2)c2ccc(F)cc2)cc1. The second-order valence-electron chi connectivity index (χ2n) is 9.27. The van der Waals surface area contributed by atoms with Gasteiger partial charge in [0.25, 0.3) is 20.0 Å². The predicted molar refractivity (Wildman–Crippen MR) is 162 cm³/mol. The Kier molecular flexibility index (Phi) is 9.56. The van der Waals surface area contributed by atoms with Crippen LogP contribution in [0.2, 0.25) is 0 Å². The molecule has 0 saturated heterocycles. The molecule has 0 aliphatic carbocycles. The molecule has 4 rings (SSSR count). The van der Waals surface area contributed by atoms with E-state index in [1.54, 1.807) is 25.1 Å². The van der Waals surface area contributed by atoms with Crippen LogP contribution < -0.4 is 23.8 Å². The monoisotopic (exact) mass is 627 g/mol. The number of amides is 1. The van der Waals surface area contributed by atoms with Crippen LogP contribution in [0.4, 0.5) is 21.5 Å². The predicted octanol–water partition coefficient (Wildman–Crippen LogP) is 5.18. The summed E-state index contributed by atoms with van der Waals surface area (Å²) in [7, 11) is -6.82. The summed E-state index contributed by atoms with van der Waals surface area (Å²) in [6, 6.07) is 20.8. The molecule has 0 aromatic heterocycles. The van der Waals surface area contributed by atoms with Crippen LogP contribution in [0.3, 0.4) is 0 Å². The van der Waals surface area contributed by atoms with Gasteiger partial charge in [-0.2, -0.15) is 0 Å². The van der Waals surface area contributed by atoms with Gasteiger partial charge in [0.05, 0.1) is 34.9 Å². The number of nitrogens with zero attached hydrogens (tertiary/aromatic N) is 1. The third-order valence-electron chi connectivity index (χ3n) is 6.17. The Labute approximate surface area is 250 Å². The van der Waals surface area contributed by atoms with Crippen LogP contribution >= 0.6 is 0 Å². The van der Waals surface area contributed by atoms with Gasteiger partial charge in [0.15, 0.2) is 0 Å². The van der Waals surface area contributed by atoms with Gasteiger partial charge in [-0.3, -0.25) is 13.8 Å². The van der Waals surface area contributed by atoms with Gasteiger partial charge in [0, 0.05) is 5.69 Å². The largest absolute Gasteiger partial charge is 0.495 e. The lowest BCUT2D eigenvalue weighted by molar-refractivity contribution is -0.114. The summed E-state index contributed by atoms with van der Waals surface area (Å²) in [5, 5.41) is 2.58. The van der Waals surface area contributed by atoms with Crippen molar-refractivity contribution in [1.82, 2.24) is 0 Å². The van der Waals surface area contributed by atoms with Gasteiger partial charge in [-0.1, -0.05) is 6.07 Å². The molecule has 2 N–H and O–H groups in total. The topological polar surface area (TPSA) is 131 Å². The number of rotatable bonds is 12. The Bertz CT molecular complexity index is 1800. The first kappa shape index (κ1) is 31.3. The molecule has 43 heavy (non-hydrogen) atoms. The van der Waals surface area contributed by atoms with Crippen LogP contribution in [0.5, 0.6) is 11.5 Å². The van der Waals surface area contributed by atoms with Crippen LogP contribution in [0.25, 0.3) is 0 Å². The molecule has 0 spiro atoms. The van der Waals surface area contributed by atoms with E-state index in [0.717, 1.165) is 22.0 Å². The quantitative estimate of drug-likeness (QED) is 0.221. The number of anilines is 3. The lowest BCUT2D eigenvalue weighted by atomic mass is 10.2. The molecule has 1 amide bonds. The summed E-state index contributed by atoms with van der Waals surface area (Å²) < 4.78 is 80.7. The molecule has 0 bridgehead atoms. The first-order valence-electron chi connectivity index (χ1n) is 13.0. The van der Waals surface area contributed by atoms with E-state index >= 15 is 0 Å². The van der Waals surface area contributed by atoms with E-state index in [2.05, 4.69) is 10.0 Å². The van der Waals surface area contributed by atoms with Crippen molar-refractivity contribution in [2.24, 2.45) is 0 Å². The molecular weight excluding hydrogens is 597 g/mol. The molecule has 0 unspecified atom stereocenters. The number of carbonyl (C=O) groups is 1. The minimum atomic E-state index is -4.25. The van der Waals surface area contributed by atoms with Crippen molar-refractivity contribution in [2.45, 2.75) is 23.6 Å². The molecule has 4 aromatic carbocycles. The zero-order chi connectivity index (χ0) is 31.2. The number of ether oxygens (including phenoxy) is 2. The summed E-state index contributed by atoms with van der Waals surface area (Å²) in [5.74, 6) is -0.454. The van der Waals surface area contributed by atoms with E-state index < -0.39 is 38.3 Å². The van der Waals surface area contributed by atoms with Crippen molar-refractivity contribution in [1.29, 1.82) is 0 Å². The molecule has 0 heterocycles. The van der Waals surface area contributed by atoms with Gasteiger partial charge in [-0.05, 0) is 104 Å². The molecule has 0 aliphatic rings. The zero-order valence-corrected chi connectivity index (χ0v) is 25.2. The van der Waals surface area contributed by atoms with E-state index in [1.807, 2.05) is 6.92 Å². The Morgan fingerprint density at radius 3 is 2.09 bits per heavy atom. The number of benzene rings is 4. The van der Waals surface area contributed by atoms with Crippen molar-refractivity contribution in [2.75, 3.05) is 34.6 Å². The van der Waals surface area contributed by atoms with Gasteiger partial charge in [-0.15, -0.1) is 0 Å². The van der Waals surface area contributed by atoms with Crippen molar-refractivity contribution in [3.05, 3.63) is 102 Å². The normalized spacial score (nSPS) is 11.4. The van der Waals surface area contributed by atoms with E-state index in [-0.39, 0.29) is 26.9 Å². The maximum Gasteiger partial charge on any atom is 0.264 e. The lowest BCUT2D eigenvalue weighted by Gasteiger charge is -2.24. The van der Waals surface area contributed by atoms with Crippen molar-refractivity contribution < 1.29 is 35.5 Å². The molecular formula is C30H30FN3O7S2. The number of aryl methyl sites for hydroxylation is 1. The number of hydrogen-bond donors (Lipinski definition) is 2. The Balaban J connectivity index is 1.53. The highest BCUT2D eigenvalue weighted by molar-refractivity contribution is 7.93. The molecule has 0 fully saturated rings. The number of sulfonamides is 2. The number of nitrogens with one attached hydrogen (secondary N) is 2. The maximum absolute atomic E-state index is 13.6. The minimum absolute atomic E-state index is 0.0694. The van der Waals surface area contributed by atoms with Gasteiger partial charge >= 0.3 is 0 Å². The molecule has 0 atom stereocenters. The number of carbonyl (C=O) groups excluding carboxylic acids is 1. The second-order valence-corrected chi connectivity index (χ2v) is 12.8. The average Bonchev–Trinajstić information content (AvgIpc) is 2.97. The van der Waals surface area contributed by atoms with Gasteiger partial charge in [0.1, 0.15) is 23.9 Å². The number of methoxy groups -OCH3 is 1. The smallest absolute Gasteiger partial charge is 0.264 e. The summed E-state index contributed by atoms with van der Waals surface area (Å²) in [5.41, 5.74) is 1.41.